The smallest absolute Gasteiger partial charge is 0.408 e. The van der Waals surface area contributed by atoms with Crippen LogP contribution in [0.2, 0.25) is 0 Å². The minimum atomic E-state index is -2.72. The number of halogens is 2. The van der Waals surface area contributed by atoms with Crippen LogP contribution in [0, 0.1) is 5.92 Å². The van der Waals surface area contributed by atoms with Crippen molar-refractivity contribution < 1.29 is 27.9 Å². The van der Waals surface area contributed by atoms with Crippen LogP contribution in [0.1, 0.15) is 31.2 Å². The van der Waals surface area contributed by atoms with E-state index in [9.17, 15) is 18.4 Å². The molecular formula is C18H24F2N2O4. The average Bonchev–Trinajstić information content (AvgIpc) is 2.64. The molecule has 0 heterocycles. The molecule has 1 aliphatic carbocycles. The molecule has 6 nitrogen and oxygen atoms in total. The van der Waals surface area contributed by atoms with Crippen LogP contribution < -0.4 is 5.32 Å². The number of ether oxygens (including phenoxy) is 1. The molecule has 144 valence electrons. The number of hydrogen-bond donors (Lipinski definition) is 1. The third-order valence-electron chi connectivity index (χ3n) is 4.57. The summed E-state index contributed by atoms with van der Waals surface area (Å²) in [6.45, 7) is 0.0520. The van der Waals surface area contributed by atoms with Gasteiger partial charge in [0.05, 0.1) is 7.11 Å². The second-order valence-electron chi connectivity index (χ2n) is 6.40. The van der Waals surface area contributed by atoms with Crippen LogP contribution in [0.3, 0.4) is 0 Å². The van der Waals surface area contributed by atoms with E-state index >= 15 is 0 Å². The van der Waals surface area contributed by atoms with Crippen LogP contribution in [0.5, 0.6) is 0 Å². The summed E-state index contributed by atoms with van der Waals surface area (Å²) < 4.78 is 32.0. The largest absolute Gasteiger partial charge is 0.445 e. The number of rotatable bonds is 6. The first-order chi connectivity index (χ1) is 12.3. The molecule has 1 aromatic rings. The lowest BCUT2D eigenvalue weighted by Crippen LogP contribution is -2.52. The Hall–Kier alpha value is -2.22. The van der Waals surface area contributed by atoms with Gasteiger partial charge >= 0.3 is 6.09 Å². The fraction of sp³-hybridized carbons (Fsp3) is 0.556. The van der Waals surface area contributed by atoms with Gasteiger partial charge in [-0.05, 0) is 24.3 Å². The van der Waals surface area contributed by atoms with Gasteiger partial charge in [-0.3, -0.25) is 9.63 Å². The van der Waals surface area contributed by atoms with Crippen molar-refractivity contribution in [1.82, 2.24) is 10.4 Å². The van der Waals surface area contributed by atoms with E-state index in [1.807, 2.05) is 18.2 Å². The van der Waals surface area contributed by atoms with Crippen LogP contribution in [0.4, 0.5) is 13.6 Å². The Morgan fingerprint density at radius 1 is 1.27 bits per heavy atom. The van der Waals surface area contributed by atoms with Crippen LogP contribution in [0.25, 0.3) is 0 Å². The number of nitrogens with zero attached hydrogens (tertiary/aromatic N) is 1. The fourth-order valence-electron chi connectivity index (χ4n) is 2.95. The predicted molar refractivity (Wildman–Crippen MR) is 90.2 cm³/mol. The Labute approximate surface area is 151 Å². The summed E-state index contributed by atoms with van der Waals surface area (Å²) in [5, 5.41) is 3.50. The van der Waals surface area contributed by atoms with Crippen LogP contribution in [-0.2, 0) is 21.0 Å². The molecule has 0 aromatic heterocycles. The maximum atomic E-state index is 13.4. The van der Waals surface area contributed by atoms with Gasteiger partial charge in [-0.25, -0.2) is 18.6 Å². The molecule has 0 unspecified atom stereocenters. The number of amides is 2. The van der Waals surface area contributed by atoms with Gasteiger partial charge in [-0.1, -0.05) is 30.3 Å². The zero-order valence-electron chi connectivity index (χ0n) is 14.9. The summed E-state index contributed by atoms with van der Waals surface area (Å²) in [7, 11) is 2.72. The Balaban J connectivity index is 1.99. The summed E-state index contributed by atoms with van der Waals surface area (Å²) in [4.78, 5) is 29.5. The molecule has 2 amide bonds. The number of benzene rings is 1. The Morgan fingerprint density at radius 3 is 2.46 bits per heavy atom. The molecule has 0 radical (unpaired) electrons. The minimum Gasteiger partial charge on any atom is -0.445 e. The molecule has 0 spiro atoms. The first kappa shape index (κ1) is 20.1. The number of hydroxylamine groups is 2. The summed E-state index contributed by atoms with van der Waals surface area (Å²) in [6.07, 6.45) is -1.11. The van der Waals surface area contributed by atoms with Crippen LogP contribution in [-0.4, -0.2) is 43.2 Å². The molecule has 1 saturated carbocycles. The van der Waals surface area contributed by atoms with Crippen molar-refractivity contribution in [2.24, 2.45) is 5.92 Å². The lowest BCUT2D eigenvalue weighted by molar-refractivity contribution is -0.173. The van der Waals surface area contributed by atoms with Gasteiger partial charge in [0.1, 0.15) is 12.6 Å². The molecule has 26 heavy (non-hydrogen) atoms. The van der Waals surface area contributed by atoms with Crippen molar-refractivity contribution in [1.29, 1.82) is 0 Å². The number of carbonyl (C=O) groups is 2. The van der Waals surface area contributed by atoms with Gasteiger partial charge in [-0.15, -0.1) is 0 Å². The quantitative estimate of drug-likeness (QED) is 0.782. The molecule has 0 saturated heterocycles. The van der Waals surface area contributed by atoms with E-state index < -0.39 is 29.9 Å². The summed E-state index contributed by atoms with van der Waals surface area (Å²) in [5.74, 6) is -3.62. The van der Waals surface area contributed by atoms with Gasteiger partial charge in [0, 0.05) is 19.9 Å². The Kier molecular flexibility index (Phi) is 6.90. The number of alkyl halides is 2. The highest BCUT2D eigenvalue weighted by Gasteiger charge is 2.41. The molecule has 2 rings (SSSR count). The maximum absolute atomic E-state index is 13.4. The first-order valence-electron chi connectivity index (χ1n) is 8.49. The van der Waals surface area contributed by atoms with E-state index in [4.69, 9.17) is 9.57 Å². The minimum absolute atomic E-state index is 0.0520. The SMILES string of the molecule is CON(C)C(=O)[C@@H](NC(=O)OCc1ccccc1)C1CCC(F)(F)CC1. The van der Waals surface area contributed by atoms with E-state index in [0.29, 0.717) is 0 Å². The van der Waals surface area contributed by atoms with Crippen LogP contribution >= 0.6 is 0 Å². The van der Waals surface area contributed by atoms with E-state index in [0.717, 1.165) is 10.6 Å². The zero-order valence-corrected chi connectivity index (χ0v) is 14.9. The predicted octanol–water partition coefficient (Wildman–Crippen LogP) is 3.13. The Morgan fingerprint density at radius 2 is 1.88 bits per heavy atom. The molecule has 1 aliphatic rings. The number of hydrogen-bond acceptors (Lipinski definition) is 4. The molecule has 1 atom stereocenters. The number of likely N-dealkylation sites (N-methyl/N-ethyl adjacent to an activating group) is 1. The average molecular weight is 370 g/mol. The van der Waals surface area contributed by atoms with Gasteiger partial charge in [-0.2, -0.15) is 0 Å². The topological polar surface area (TPSA) is 67.9 Å². The van der Waals surface area contributed by atoms with Crippen molar-refractivity contribution in [3.05, 3.63) is 35.9 Å². The normalized spacial score (nSPS) is 18.0. The highest BCUT2D eigenvalue weighted by molar-refractivity contribution is 5.85. The highest BCUT2D eigenvalue weighted by atomic mass is 19.3. The zero-order chi connectivity index (χ0) is 19.2. The van der Waals surface area contributed by atoms with Crippen molar-refractivity contribution in [3.8, 4) is 0 Å². The second kappa shape index (κ2) is 8.93. The van der Waals surface area contributed by atoms with Crippen molar-refractivity contribution >= 4 is 12.0 Å². The second-order valence-corrected chi connectivity index (χ2v) is 6.40. The maximum Gasteiger partial charge on any atom is 0.408 e. The molecule has 1 aromatic carbocycles. The van der Waals surface area contributed by atoms with E-state index in [1.165, 1.54) is 14.2 Å². The summed E-state index contributed by atoms with van der Waals surface area (Å²) >= 11 is 0. The highest BCUT2D eigenvalue weighted by Crippen LogP contribution is 2.37. The van der Waals surface area contributed by atoms with Gasteiger partial charge < -0.3 is 10.1 Å². The number of nitrogens with one attached hydrogen (secondary N) is 1. The molecule has 0 bridgehead atoms. The molecular weight excluding hydrogens is 346 g/mol. The van der Waals surface area contributed by atoms with Crippen molar-refractivity contribution in [3.63, 3.8) is 0 Å². The summed E-state index contributed by atoms with van der Waals surface area (Å²) in [5.41, 5.74) is 0.803. The molecule has 8 heteroatoms. The lowest BCUT2D eigenvalue weighted by atomic mass is 9.81. The Bertz CT molecular complexity index is 602. The standard InChI is InChI=1S/C18H24F2N2O4/c1-22(25-2)16(23)15(14-8-10-18(19,20)11-9-14)21-17(24)26-12-13-6-4-3-5-7-13/h3-7,14-15H,8-12H2,1-2H3,(H,21,24)/t15-/m0/s1. The van der Waals surface area contributed by atoms with E-state index in [-0.39, 0.29) is 32.3 Å². The molecule has 1 N–H and O–H groups in total. The van der Waals surface area contributed by atoms with E-state index in [2.05, 4.69) is 5.32 Å². The number of carbonyl (C=O) groups excluding carboxylic acids is 2. The summed E-state index contributed by atoms with van der Waals surface area (Å²) in [6, 6.07) is 8.12. The van der Waals surface area contributed by atoms with E-state index in [1.54, 1.807) is 12.1 Å². The molecule has 1 fully saturated rings. The first-order valence-corrected chi connectivity index (χ1v) is 8.49. The van der Waals surface area contributed by atoms with Crippen LogP contribution in [0.15, 0.2) is 30.3 Å². The van der Waals surface area contributed by atoms with Gasteiger partial charge in [0.25, 0.3) is 5.91 Å². The lowest BCUT2D eigenvalue weighted by Gasteiger charge is -2.34. The molecule has 0 aliphatic heterocycles. The van der Waals surface area contributed by atoms with Crippen molar-refractivity contribution in [2.75, 3.05) is 14.2 Å². The van der Waals surface area contributed by atoms with Gasteiger partial charge in [0.2, 0.25) is 5.92 Å². The monoisotopic (exact) mass is 370 g/mol. The van der Waals surface area contributed by atoms with Gasteiger partial charge in [0.15, 0.2) is 0 Å². The third-order valence-corrected chi connectivity index (χ3v) is 4.57. The third kappa shape index (κ3) is 5.66. The van der Waals surface area contributed by atoms with Crippen molar-refractivity contribution in [2.45, 2.75) is 44.3 Å². The number of alkyl carbamates (subject to hydrolysis) is 1. The fourth-order valence-corrected chi connectivity index (χ4v) is 2.95.